The van der Waals surface area contributed by atoms with Crippen LogP contribution in [0, 0.1) is 34.0 Å². The Balaban J connectivity index is 1.54. The third kappa shape index (κ3) is 2.54. The molecule has 0 aromatic carbocycles. The number of carbonyl (C=O) groups excluding carboxylic acids is 3. The molecule has 1 saturated heterocycles. The van der Waals surface area contributed by atoms with Crippen LogP contribution in [-0.4, -0.2) is 48.4 Å². The van der Waals surface area contributed by atoms with Crippen molar-refractivity contribution in [2.45, 2.75) is 66.0 Å². The lowest BCUT2D eigenvalue weighted by Gasteiger charge is -2.60. The first-order valence-corrected chi connectivity index (χ1v) is 10.1. The quantitative estimate of drug-likeness (QED) is 0.761. The van der Waals surface area contributed by atoms with Gasteiger partial charge in [-0.25, -0.2) is 4.79 Å². The molecule has 5 aliphatic rings. The van der Waals surface area contributed by atoms with Gasteiger partial charge in [-0.05, 0) is 41.9 Å². The van der Waals surface area contributed by atoms with Gasteiger partial charge in [0.1, 0.15) is 12.1 Å². The molecule has 0 aromatic rings. The normalized spacial score (nSPS) is 38.8. The summed E-state index contributed by atoms with van der Waals surface area (Å²) in [6, 6.07) is -1.18. The molecular formula is C21H32N2O4. The fraction of sp³-hybridized carbons (Fsp3) is 0.857. The molecule has 2 amide bonds. The number of carbonyl (C=O) groups is 3. The molecule has 6 heteroatoms. The van der Waals surface area contributed by atoms with Gasteiger partial charge in [0.2, 0.25) is 11.8 Å². The summed E-state index contributed by atoms with van der Waals surface area (Å²) in [5.41, 5.74) is -0.605. The van der Waals surface area contributed by atoms with Crippen molar-refractivity contribution in [2.24, 2.45) is 34.0 Å². The van der Waals surface area contributed by atoms with Gasteiger partial charge < -0.3 is 15.0 Å². The molecule has 0 radical (unpaired) electrons. The zero-order chi connectivity index (χ0) is 19.9. The van der Waals surface area contributed by atoms with Crippen molar-refractivity contribution in [3.63, 3.8) is 0 Å². The van der Waals surface area contributed by atoms with E-state index in [0.717, 1.165) is 19.3 Å². The highest BCUT2D eigenvalue weighted by Gasteiger charge is 2.70. The lowest BCUT2D eigenvalue weighted by molar-refractivity contribution is -0.168. The zero-order valence-corrected chi connectivity index (χ0v) is 17.3. The van der Waals surface area contributed by atoms with Crippen LogP contribution in [0.1, 0.15) is 53.9 Å². The highest BCUT2D eigenvalue weighted by atomic mass is 16.5. The number of fused-ring (bicyclic) bond motifs is 1. The Kier molecular flexibility index (Phi) is 3.81. The van der Waals surface area contributed by atoms with Gasteiger partial charge in [-0.15, -0.1) is 0 Å². The number of rotatable bonds is 4. The molecule has 0 spiro atoms. The monoisotopic (exact) mass is 376 g/mol. The van der Waals surface area contributed by atoms with E-state index >= 15 is 0 Å². The van der Waals surface area contributed by atoms with Gasteiger partial charge in [-0.1, -0.05) is 34.6 Å². The molecule has 2 bridgehead atoms. The van der Waals surface area contributed by atoms with E-state index in [0.29, 0.717) is 18.4 Å². The predicted molar refractivity (Wildman–Crippen MR) is 99.4 cm³/mol. The molecule has 5 rings (SSSR count). The molecular weight excluding hydrogens is 344 g/mol. The Morgan fingerprint density at radius 1 is 1.15 bits per heavy atom. The van der Waals surface area contributed by atoms with Crippen molar-refractivity contribution < 1.29 is 19.1 Å². The molecule has 1 aliphatic heterocycles. The lowest BCUT2D eigenvalue weighted by Crippen LogP contribution is -2.65. The summed E-state index contributed by atoms with van der Waals surface area (Å²) in [5, 5.41) is 3.06. The van der Waals surface area contributed by atoms with Gasteiger partial charge in [-0.2, -0.15) is 0 Å². The van der Waals surface area contributed by atoms with Gasteiger partial charge in [0, 0.05) is 17.9 Å². The third-order valence-corrected chi connectivity index (χ3v) is 7.84. The van der Waals surface area contributed by atoms with Crippen LogP contribution in [0.2, 0.25) is 0 Å². The number of piperidine rings is 1. The van der Waals surface area contributed by atoms with Crippen LogP contribution in [0.25, 0.3) is 0 Å². The van der Waals surface area contributed by atoms with Crippen molar-refractivity contribution in [3.05, 3.63) is 0 Å². The average Bonchev–Trinajstić information content (AvgIpc) is 2.83. The highest BCUT2D eigenvalue weighted by molar-refractivity contribution is 5.94. The first-order valence-electron chi connectivity index (χ1n) is 10.1. The third-order valence-electron chi connectivity index (χ3n) is 7.84. The van der Waals surface area contributed by atoms with Gasteiger partial charge in [0.15, 0.2) is 0 Å². The molecule has 4 saturated carbocycles. The van der Waals surface area contributed by atoms with Gasteiger partial charge in [-0.3, -0.25) is 9.59 Å². The first kappa shape index (κ1) is 18.8. The molecule has 1 heterocycles. The van der Waals surface area contributed by atoms with Crippen LogP contribution < -0.4 is 5.32 Å². The molecule has 27 heavy (non-hydrogen) atoms. The smallest absolute Gasteiger partial charge is 0.328 e. The van der Waals surface area contributed by atoms with E-state index in [-0.39, 0.29) is 34.5 Å². The number of ether oxygens (including phenoxy) is 1. The topological polar surface area (TPSA) is 75.7 Å². The second-order valence-electron chi connectivity index (χ2n) is 10.9. The van der Waals surface area contributed by atoms with Gasteiger partial charge >= 0.3 is 5.97 Å². The predicted octanol–water partition coefficient (Wildman–Crippen LogP) is 1.97. The summed E-state index contributed by atoms with van der Waals surface area (Å²) >= 11 is 0. The Bertz CT molecular complexity index is 690. The summed E-state index contributed by atoms with van der Waals surface area (Å²) in [4.78, 5) is 40.5. The molecule has 5 fully saturated rings. The molecule has 1 N–H and O–H groups in total. The van der Waals surface area contributed by atoms with Crippen molar-refractivity contribution in [3.8, 4) is 0 Å². The minimum atomic E-state index is -0.633. The summed E-state index contributed by atoms with van der Waals surface area (Å²) in [6.45, 7) is 10.7. The number of likely N-dealkylation sites (tertiary alicyclic amines) is 1. The Labute approximate surface area is 161 Å². The SMILES string of the molecule is COC(=O)[C@@H]1[C@@H]2[C@H](CN1C(=O)[C@@H](NC(=O)C13CC(C1)C3)C(C)(C)C)C2(C)C. The molecule has 4 aliphatic carbocycles. The average molecular weight is 376 g/mol. The molecule has 4 atom stereocenters. The number of hydrogen-bond acceptors (Lipinski definition) is 4. The number of nitrogens with one attached hydrogen (secondary N) is 1. The number of esters is 1. The lowest BCUT2D eigenvalue weighted by atomic mass is 9.44. The van der Waals surface area contributed by atoms with E-state index in [9.17, 15) is 14.4 Å². The Hall–Kier alpha value is -1.59. The summed E-state index contributed by atoms with van der Waals surface area (Å²) in [5.74, 6) is 0.678. The van der Waals surface area contributed by atoms with Crippen LogP contribution in [-0.2, 0) is 19.1 Å². The summed E-state index contributed by atoms with van der Waals surface area (Å²) in [7, 11) is 1.37. The standard InChI is InChI=1S/C21H32N2O4/c1-19(2,3)15(22-18(26)21-7-11(8-21)9-21)16(24)23-10-12-13(20(12,4)5)14(23)17(25)27-6/h11-15H,7-10H2,1-6H3,(H,22,26)/t11?,12-,13-,14-,15+,21?/m0/s1. The van der Waals surface area contributed by atoms with Crippen LogP contribution in [0.15, 0.2) is 0 Å². The number of hydrogen-bond donors (Lipinski definition) is 1. The van der Waals surface area contributed by atoms with Crippen molar-refractivity contribution >= 4 is 17.8 Å². The highest BCUT2D eigenvalue weighted by Crippen LogP contribution is 2.66. The van der Waals surface area contributed by atoms with Gasteiger partial charge in [0.25, 0.3) is 0 Å². The van der Waals surface area contributed by atoms with E-state index in [1.807, 2.05) is 20.8 Å². The number of methoxy groups -OCH3 is 1. The fourth-order valence-corrected chi connectivity index (χ4v) is 5.76. The van der Waals surface area contributed by atoms with E-state index in [2.05, 4.69) is 19.2 Å². The van der Waals surface area contributed by atoms with Crippen molar-refractivity contribution in [2.75, 3.05) is 13.7 Å². The second kappa shape index (κ2) is 5.48. The van der Waals surface area contributed by atoms with Crippen LogP contribution in [0.4, 0.5) is 0 Å². The van der Waals surface area contributed by atoms with Gasteiger partial charge in [0.05, 0.1) is 7.11 Å². The number of nitrogens with zero attached hydrogens (tertiary/aromatic N) is 1. The summed E-state index contributed by atoms with van der Waals surface area (Å²) in [6.07, 6.45) is 2.87. The maximum absolute atomic E-state index is 13.5. The van der Waals surface area contributed by atoms with Crippen molar-refractivity contribution in [1.29, 1.82) is 0 Å². The van der Waals surface area contributed by atoms with E-state index in [1.165, 1.54) is 7.11 Å². The van der Waals surface area contributed by atoms with E-state index in [4.69, 9.17) is 4.74 Å². The Morgan fingerprint density at radius 2 is 1.74 bits per heavy atom. The minimum Gasteiger partial charge on any atom is -0.467 e. The van der Waals surface area contributed by atoms with E-state index < -0.39 is 17.5 Å². The molecule has 0 aromatic heterocycles. The minimum absolute atomic E-state index is 0.0116. The molecule has 150 valence electrons. The molecule has 0 unspecified atom stereocenters. The van der Waals surface area contributed by atoms with E-state index in [1.54, 1.807) is 4.90 Å². The maximum atomic E-state index is 13.5. The fourth-order valence-electron chi connectivity index (χ4n) is 5.76. The maximum Gasteiger partial charge on any atom is 0.328 e. The Morgan fingerprint density at radius 3 is 2.19 bits per heavy atom. The zero-order valence-electron chi connectivity index (χ0n) is 17.3. The summed E-state index contributed by atoms with van der Waals surface area (Å²) < 4.78 is 5.02. The number of amides is 2. The molecule has 6 nitrogen and oxygen atoms in total. The van der Waals surface area contributed by atoms with Crippen molar-refractivity contribution in [1.82, 2.24) is 10.2 Å². The van der Waals surface area contributed by atoms with Crippen LogP contribution >= 0.6 is 0 Å². The second-order valence-corrected chi connectivity index (χ2v) is 10.9. The van der Waals surface area contributed by atoms with Crippen LogP contribution in [0.3, 0.4) is 0 Å². The first-order chi connectivity index (χ1) is 12.4. The van der Waals surface area contributed by atoms with Crippen LogP contribution in [0.5, 0.6) is 0 Å². The largest absolute Gasteiger partial charge is 0.467 e.